The highest BCUT2D eigenvalue weighted by molar-refractivity contribution is 14.0. The molecule has 1 aliphatic heterocycles. The Morgan fingerprint density at radius 3 is 2.48 bits per heavy atom. The molecule has 9 heteroatoms. The number of benzene rings is 2. The lowest BCUT2D eigenvalue weighted by Gasteiger charge is -2.20. The van der Waals surface area contributed by atoms with Gasteiger partial charge < -0.3 is 15.5 Å². The van der Waals surface area contributed by atoms with Crippen molar-refractivity contribution in [2.24, 2.45) is 10.1 Å². The molecule has 1 unspecified atom stereocenters. The third-order valence-corrected chi connectivity index (χ3v) is 5.76. The Kier molecular flexibility index (Phi) is 8.72. The molecule has 7 nitrogen and oxygen atoms in total. The molecular weight excluding hydrogens is 501 g/mol. The number of primary sulfonamides is 1. The van der Waals surface area contributed by atoms with Crippen LogP contribution in [0.1, 0.15) is 12.0 Å². The molecular formula is C20H28IN5O2S. The number of para-hydroxylation sites is 1. The number of nitrogens with one attached hydrogen (secondary N) is 2. The summed E-state index contributed by atoms with van der Waals surface area (Å²) in [5.41, 5.74) is 2.28. The van der Waals surface area contributed by atoms with Crippen LogP contribution in [0.5, 0.6) is 0 Å². The first-order valence-corrected chi connectivity index (χ1v) is 10.9. The molecule has 0 amide bonds. The van der Waals surface area contributed by atoms with Crippen LogP contribution in [0, 0.1) is 0 Å². The fourth-order valence-corrected chi connectivity index (χ4v) is 3.83. The van der Waals surface area contributed by atoms with Crippen LogP contribution in [-0.2, 0) is 16.4 Å². The highest BCUT2D eigenvalue weighted by atomic mass is 127. The Hall–Kier alpha value is -1.85. The molecule has 0 saturated carbocycles. The standard InChI is InChI=1S/C20H27N5O2S.HI/c1-22-20(23-13-11-16-7-9-19(10-8-16)28(21,26)27)24-17-12-14-25(15-17)18-5-3-2-4-6-18;/h2-10,17H,11-15H2,1H3,(H2,21,26,27)(H2,22,23,24);1H. The van der Waals surface area contributed by atoms with Crippen molar-refractivity contribution < 1.29 is 8.42 Å². The number of hydrogen-bond acceptors (Lipinski definition) is 4. The molecule has 1 aliphatic rings. The second-order valence-corrected chi connectivity index (χ2v) is 8.41. The van der Waals surface area contributed by atoms with Crippen LogP contribution in [0.2, 0.25) is 0 Å². The minimum atomic E-state index is -3.64. The molecule has 3 rings (SSSR count). The number of rotatable bonds is 6. The highest BCUT2D eigenvalue weighted by Gasteiger charge is 2.23. The molecule has 0 aromatic heterocycles. The third-order valence-electron chi connectivity index (χ3n) is 4.83. The number of hydrogen-bond donors (Lipinski definition) is 3. The maximum absolute atomic E-state index is 11.3. The van der Waals surface area contributed by atoms with Gasteiger partial charge in [0.25, 0.3) is 0 Å². The van der Waals surface area contributed by atoms with Crippen LogP contribution < -0.4 is 20.7 Å². The van der Waals surface area contributed by atoms with E-state index in [2.05, 4.69) is 44.8 Å². The summed E-state index contributed by atoms with van der Waals surface area (Å²) in [5, 5.41) is 11.9. The summed E-state index contributed by atoms with van der Waals surface area (Å²) >= 11 is 0. The molecule has 0 spiro atoms. The van der Waals surface area contributed by atoms with Gasteiger partial charge in [0.15, 0.2) is 5.96 Å². The van der Waals surface area contributed by atoms with Crippen molar-refractivity contribution >= 4 is 45.6 Å². The molecule has 158 valence electrons. The molecule has 1 atom stereocenters. The van der Waals surface area contributed by atoms with Gasteiger partial charge in [0, 0.05) is 38.4 Å². The van der Waals surface area contributed by atoms with E-state index in [1.807, 2.05) is 6.07 Å². The van der Waals surface area contributed by atoms with Gasteiger partial charge in [0.05, 0.1) is 4.90 Å². The lowest BCUT2D eigenvalue weighted by molar-refractivity contribution is 0.598. The van der Waals surface area contributed by atoms with Gasteiger partial charge in [-0.15, -0.1) is 24.0 Å². The Morgan fingerprint density at radius 2 is 1.86 bits per heavy atom. The van der Waals surface area contributed by atoms with E-state index >= 15 is 0 Å². The van der Waals surface area contributed by atoms with Crippen molar-refractivity contribution in [3.63, 3.8) is 0 Å². The normalized spacial score (nSPS) is 17.0. The predicted octanol–water partition coefficient (Wildman–Crippen LogP) is 1.94. The van der Waals surface area contributed by atoms with E-state index in [-0.39, 0.29) is 28.9 Å². The monoisotopic (exact) mass is 529 g/mol. The van der Waals surface area contributed by atoms with Crippen molar-refractivity contribution in [2.75, 3.05) is 31.6 Å². The molecule has 2 aromatic carbocycles. The quantitative estimate of drug-likeness (QED) is 0.302. The minimum absolute atomic E-state index is 0. The van der Waals surface area contributed by atoms with Gasteiger partial charge in [-0.1, -0.05) is 30.3 Å². The van der Waals surface area contributed by atoms with Gasteiger partial charge in [0.1, 0.15) is 0 Å². The zero-order chi connectivity index (χ0) is 20.0. The van der Waals surface area contributed by atoms with E-state index in [1.165, 1.54) is 17.8 Å². The first-order valence-electron chi connectivity index (χ1n) is 9.34. The van der Waals surface area contributed by atoms with Crippen LogP contribution in [0.25, 0.3) is 0 Å². The lowest BCUT2D eigenvalue weighted by Crippen LogP contribution is -2.45. The van der Waals surface area contributed by atoms with Crippen molar-refractivity contribution in [3.8, 4) is 0 Å². The van der Waals surface area contributed by atoms with E-state index in [9.17, 15) is 8.42 Å². The average molecular weight is 529 g/mol. The zero-order valence-corrected chi connectivity index (χ0v) is 19.6. The fourth-order valence-electron chi connectivity index (χ4n) is 3.31. The molecule has 1 saturated heterocycles. The smallest absolute Gasteiger partial charge is 0.238 e. The van der Waals surface area contributed by atoms with E-state index in [4.69, 9.17) is 5.14 Å². The average Bonchev–Trinajstić information content (AvgIpc) is 3.16. The van der Waals surface area contributed by atoms with Crippen LogP contribution in [0.3, 0.4) is 0 Å². The van der Waals surface area contributed by atoms with Crippen LogP contribution in [-0.4, -0.2) is 47.1 Å². The maximum atomic E-state index is 11.3. The van der Waals surface area contributed by atoms with E-state index in [0.29, 0.717) is 12.6 Å². The molecule has 0 aliphatic carbocycles. The summed E-state index contributed by atoms with van der Waals surface area (Å²) in [4.78, 5) is 6.81. The number of anilines is 1. The topological polar surface area (TPSA) is 99.8 Å². The van der Waals surface area contributed by atoms with Crippen molar-refractivity contribution in [3.05, 3.63) is 60.2 Å². The van der Waals surface area contributed by atoms with Crippen LogP contribution in [0.15, 0.2) is 64.5 Å². The first-order chi connectivity index (χ1) is 13.5. The number of aliphatic imine (C=N–C) groups is 1. The Morgan fingerprint density at radius 1 is 1.17 bits per heavy atom. The lowest BCUT2D eigenvalue weighted by atomic mass is 10.1. The summed E-state index contributed by atoms with van der Waals surface area (Å²) in [6.45, 7) is 2.67. The van der Waals surface area contributed by atoms with E-state index in [1.54, 1.807) is 19.2 Å². The summed E-state index contributed by atoms with van der Waals surface area (Å²) < 4.78 is 22.6. The highest BCUT2D eigenvalue weighted by Crippen LogP contribution is 2.19. The van der Waals surface area contributed by atoms with Crippen molar-refractivity contribution in [1.82, 2.24) is 10.6 Å². The molecule has 0 radical (unpaired) electrons. The van der Waals surface area contributed by atoms with Gasteiger partial charge in [-0.25, -0.2) is 13.6 Å². The van der Waals surface area contributed by atoms with Crippen LogP contribution >= 0.6 is 24.0 Å². The summed E-state index contributed by atoms with van der Waals surface area (Å²) in [7, 11) is -1.88. The van der Waals surface area contributed by atoms with Gasteiger partial charge in [-0.3, -0.25) is 4.99 Å². The molecule has 0 bridgehead atoms. The summed E-state index contributed by atoms with van der Waals surface area (Å²) in [6.07, 6.45) is 1.82. The first kappa shape index (κ1) is 23.4. The van der Waals surface area contributed by atoms with E-state index < -0.39 is 10.0 Å². The summed E-state index contributed by atoms with van der Waals surface area (Å²) in [6, 6.07) is 17.4. The Balaban J connectivity index is 0.00000300. The molecule has 1 heterocycles. The minimum Gasteiger partial charge on any atom is -0.369 e. The Bertz CT molecular complexity index is 904. The zero-order valence-electron chi connectivity index (χ0n) is 16.4. The second-order valence-electron chi connectivity index (χ2n) is 6.85. The third kappa shape index (κ3) is 6.86. The fraction of sp³-hybridized carbons (Fsp3) is 0.350. The van der Waals surface area contributed by atoms with Gasteiger partial charge in [-0.2, -0.15) is 0 Å². The predicted molar refractivity (Wildman–Crippen MR) is 128 cm³/mol. The molecule has 1 fully saturated rings. The second kappa shape index (κ2) is 10.8. The number of halogens is 1. The number of nitrogens with two attached hydrogens (primary N) is 1. The number of sulfonamides is 1. The Labute approximate surface area is 189 Å². The van der Waals surface area contributed by atoms with Crippen molar-refractivity contribution in [1.29, 1.82) is 0 Å². The largest absolute Gasteiger partial charge is 0.369 e. The van der Waals surface area contributed by atoms with Gasteiger partial charge >= 0.3 is 0 Å². The van der Waals surface area contributed by atoms with Gasteiger partial charge in [-0.05, 0) is 42.7 Å². The maximum Gasteiger partial charge on any atom is 0.238 e. The van der Waals surface area contributed by atoms with Gasteiger partial charge in [0.2, 0.25) is 10.0 Å². The van der Waals surface area contributed by atoms with Crippen molar-refractivity contribution in [2.45, 2.75) is 23.8 Å². The van der Waals surface area contributed by atoms with E-state index in [0.717, 1.165) is 37.5 Å². The molecule has 29 heavy (non-hydrogen) atoms. The molecule has 4 N–H and O–H groups in total. The molecule has 2 aromatic rings. The number of guanidine groups is 1. The SMILES string of the molecule is CN=C(NCCc1ccc(S(N)(=O)=O)cc1)NC1CCN(c2ccccc2)C1.I. The summed E-state index contributed by atoms with van der Waals surface area (Å²) in [5.74, 6) is 0.779. The number of nitrogens with zero attached hydrogens (tertiary/aromatic N) is 2. The van der Waals surface area contributed by atoms with Crippen LogP contribution in [0.4, 0.5) is 5.69 Å².